The summed E-state index contributed by atoms with van der Waals surface area (Å²) in [6.07, 6.45) is 5.15. The van der Waals surface area contributed by atoms with Gasteiger partial charge in [-0.25, -0.2) is 0 Å². The van der Waals surface area contributed by atoms with Crippen LogP contribution in [0.1, 0.15) is 39.5 Å². The second-order valence-electron chi connectivity index (χ2n) is 4.48. The number of hydrogen-bond donors (Lipinski definition) is 4. The molecule has 0 spiro atoms. The highest BCUT2D eigenvalue weighted by molar-refractivity contribution is 4.56. The molecule has 0 rings (SSSR count). The molecule has 0 aromatic rings. The van der Waals surface area contributed by atoms with Crippen molar-refractivity contribution in [3.05, 3.63) is 0 Å². The molecule has 5 nitrogen and oxygen atoms in total. The average molecular weight is 278 g/mol. The summed E-state index contributed by atoms with van der Waals surface area (Å²) in [4.78, 5) is 0. The monoisotopic (exact) mass is 278 g/mol. The van der Waals surface area contributed by atoms with Gasteiger partial charge >= 0.3 is 0 Å². The normalized spacial score (nSPS) is 11.8. The van der Waals surface area contributed by atoms with Crippen LogP contribution < -0.4 is 11.1 Å². The topological polar surface area (TPSA) is 87.7 Å². The molecule has 0 saturated carbocycles. The van der Waals surface area contributed by atoms with Crippen LogP contribution in [0, 0.1) is 5.92 Å². The minimum Gasteiger partial charge on any atom is -0.394 e. The molecule has 1 unspecified atom stereocenters. The summed E-state index contributed by atoms with van der Waals surface area (Å²) in [5.41, 5.74) is 5.36. The third kappa shape index (κ3) is 20.3. The molecule has 0 heterocycles. The van der Waals surface area contributed by atoms with Crippen LogP contribution in [0.15, 0.2) is 0 Å². The Bertz CT molecular complexity index is 147. The Kier molecular flexibility index (Phi) is 22.4. The predicted octanol–water partition coefficient (Wildman–Crippen LogP) is 0.739. The van der Waals surface area contributed by atoms with E-state index in [0.717, 1.165) is 32.2 Å². The molecular formula is C14H34N2O3. The van der Waals surface area contributed by atoms with Crippen molar-refractivity contribution >= 4 is 0 Å². The summed E-state index contributed by atoms with van der Waals surface area (Å²) in [6.45, 7) is 8.47. The zero-order valence-electron chi connectivity index (χ0n) is 12.7. The lowest BCUT2D eigenvalue weighted by Gasteiger charge is -2.14. The zero-order chi connectivity index (χ0) is 14.8. The lowest BCUT2D eigenvalue weighted by Crippen LogP contribution is -2.26. The highest BCUT2D eigenvalue weighted by atomic mass is 16.5. The standard InChI is InChI=1S/C12H28N2O.C2H6O2/c1-3-5-6-12(4-2)11-15-10-9-14-8-7-13;3-1-2-4/h12,14H,3-11,13H2,1-2H3;3-4H,1-2H2. The van der Waals surface area contributed by atoms with E-state index in [2.05, 4.69) is 19.2 Å². The number of hydrogen-bond acceptors (Lipinski definition) is 5. The van der Waals surface area contributed by atoms with E-state index >= 15 is 0 Å². The van der Waals surface area contributed by atoms with Gasteiger partial charge in [-0.2, -0.15) is 0 Å². The Morgan fingerprint density at radius 2 is 1.84 bits per heavy atom. The molecule has 0 aliphatic rings. The average Bonchev–Trinajstić information content (AvgIpc) is 2.46. The highest BCUT2D eigenvalue weighted by Gasteiger charge is 2.05. The quantitative estimate of drug-likeness (QED) is 0.396. The summed E-state index contributed by atoms with van der Waals surface area (Å²) in [6, 6.07) is 0. The molecule has 118 valence electrons. The van der Waals surface area contributed by atoms with E-state index in [4.69, 9.17) is 20.7 Å². The van der Waals surface area contributed by atoms with Gasteiger partial charge in [0.2, 0.25) is 0 Å². The molecule has 0 aliphatic carbocycles. The van der Waals surface area contributed by atoms with Crippen LogP contribution in [0.5, 0.6) is 0 Å². The second kappa shape index (κ2) is 20.1. The van der Waals surface area contributed by atoms with Crippen molar-refractivity contribution < 1.29 is 14.9 Å². The molecule has 0 fully saturated rings. The van der Waals surface area contributed by atoms with Crippen LogP contribution in [0.2, 0.25) is 0 Å². The Hall–Kier alpha value is -0.200. The zero-order valence-corrected chi connectivity index (χ0v) is 12.7. The van der Waals surface area contributed by atoms with Crippen LogP contribution in [0.25, 0.3) is 0 Å². The van der Waals surface area contributed by atoms with E-state index in [-0.39, 0.29) is 13.2 Å². The van der Waals surface area contributed by atoms with Gasteiger partial charge in [0.25, 0.3) is 0 Å². The Labute approximate surface area is 118 Å². The molecular weight excluding hydrogens is 244 g/mol. The summed E-state index contributed by atoms with van der Waals surface area (Å²) in [5.74, 6) is 0.749. The molecule has 0 saturated heterocycles. The largest absolute Gasteiger partial charge is 0.394 e. The van der Waals surface area contributed by atoms with E-state index < -0.39 is 0 Å². The predicted molar refractivity (Wildman–Crippen MR) is 80.2 cm³/mol. The maximum Gasteiger partial charge on any atom is 0.0662 e. The number of unbranched alkanes of at least 4 members (excludes halogenated alkanes) is 1. The fourth-order valence-electron chi connectivity index (χ4n) is 1.52. The maximum absolute atomic E-state index is 7.62. The van der Waals surface area contributed by atoms with E-state index in [1.165, 1.54) is 25.7 Å². The van der Waals surface area contributed by atoms with Gasteiger partial charge in [0.05, 0.1) is 19.8 Å². The van der Waals surface area contributed by atoms with Gasteiger partial charge in [-0.05, 0) is 12.3 Å². The summed E-state index contributed by atoms with van der Waals surface area (Å²) >= 11 is 0. The van der Waals surface area contributed by atoms with Crippen LogP contribution in [0.3, 0.4) is 0 Å². The van der Waals surface area contributed by atoms with Gasteiger partial charge in [0.15, 0.2) is 0 Å². The Morgan fingerprint density at radius 3 is 2.32 bits per heavy atom. The number of nitrogens with one attached hydrogen (secondary N) is 1. The van der Waals surface area contributed by atoms with Crippen LogP contribution in [0.4, 0.5) is 0 Å². The van der Waals surface area contributed by atoms with Crippen molar-refractivity contribution in [2.75, 3.05) is 46.1 Å². The lowest BCUT2D eigenvalue weighted by molar-refractivity contribution is 0.0959. The first kappa shape index (κ1) is 21.1. The van der Waals surface area contributed by atoms with Gasteiger partial charge in [0.1, 0.15) is 0 Å². The van der Waals surface area contributed by atoms with Crippen molar-refractivity contribution in [1.82, 2.24) is 5.32 Å². The molecule has 5 N–H and O–H groups in total. The molecule has 5 heteroatoms. The Morgan fingerprint density at radius 1 is 1.16 bits per heavy atom. The molecule has 0 aromatic carbocycles. The molecule has 0 bridgehead atoms. The molecule has 0 aliphatic heterocycles. The van der Waals surface area contributed by atoms with Crippen LogP contribution >= 0.6 is 0 Å². The number of aliphatic hydroxyl groups excluding tert-OH is 2. The van der Waals surface area contributed by atoms with Crippen LogP contribution in [-0.2, 0) is 4.74 Å². The molecule has 1 atom stereocenters. The first-order chi connectivity index (χ1) is 9.26. The third-order valence-corrected chi connectivity index (χ3v) is 2.74. The minimum atomic E-state index is -0.125. The van der Waals surface area contributed by atoms with E-state index in [1.54, 1.807) is 0 Å². The number of ether oxygens (including phenoxy) is 1. The minimum absolute atomic E-state index is 0.125. The summed E-state index contributed by atoms with van der Waals surface area (Å²) in [7, 11) is 0. The lowest BCUT2D eigenvalue weighted by atomic mass is 10.0. The number of aliphatic hydroxyl groups is 2. The number of nitrogens with two attached hydrogens (primary N) is 1. The first-order valence-corrected chi connectivity index (χ1v) is 7.46. The summed E-state index contributed by atoms with van der Waals surface area (Å²) in [5, 5.41) is 18.5. The Balaban J connectivity index is 0. The molecule has 19 heavy (non-hydrogen) atoms. The fourth-order valence-corrected chi connectivity index (χ4v) is 1.52. The van der Waals surface area contributed by atoms with Crippen molar-refractivity contribution in [3.8, 4) is 0 Å². The maximum atomic E-state index is 7.62. The van der Waals surface area contributed by atoms with Gasteiger partial charge in [-0.15, -0.1) is 0 Å². The molecule has 0 radical (unpaired) electrons. The highest BCUT2D eigenvalue weighted by Crippen LogP contribution is 2.12. The SMILES string of the molecule is CCCCC(CC)COCCNCCN.OCCO. The van der Waals surface area contributed by atoms with E-state index in [1.807, 2.05) is 0 Å². The van der Waals surface area contributed by atoms with Crippen molar-refractivity contribution in [1.29, 1.82) is 0 Å². The smallest absolute Gasteiger partial charge is 0.0662 e. The van der Waals surface area contributed by atoms with E-state index in [0.29, 0.717) is 6.54 Å². The van der Waals surface area contributed by atoms with Gasteiger partial charge in [0, 0.05) is 26.2 Å². The third-order valence-electron chi connectivity index (χ3n) is 2.74. The van der Waals surface area contributed by atoms with Crippen molar-refractivity contribution in [3.63, 3.8) is 0 Å². The fraction of sp³-hybridized carbons (Fsp3) is 1.00. The van der Waals surface area contributed by atoms with E-state index in [9.17, 15) is 0 Å². The van der Waals surface area contributed by atoms with Crippen molar-refractivity contribution in [2.45, 2.75) is 39.5 Å². The van der Waals surface area contributed by atoms with Gasteiger partial charge in [-0.3, -0.25) is 0 Å². The van der Waals surface area contributed by atoms with Crippen LogP contribution in [-0.4, -0.2) is 56.3 Å². The van der Waals surface area contributed by atoms with Gasteiger partial charge in [-0.1, -0.05) is 33.1 Å². The second-order valence-corrected chi connectivity index (χ2v) is 4.48. The molecule has 0 aromatic heterocycles. The molecule has 0 amide bonds. The number of rotatable bonds is 12. The summed E-state index contributed by atoms with van der Waals surface area (Å²) < 4.78 is 5.63. The first-order valence-electron chi connectivity index (χ1n) is 7.46. The van der Waals surface area contributed by atoms with Crippen molar-refractivity contribution in [2.24, 2.45) is 11.7 Å². The van der Waals surface area contributed by atoms with Gasteiger partial charge < -0.3 is 26.0 Å².